The van der Waals surface area contributed by atoms with E-state index in [0.29, 0.717) is 24.6 Å². The fraction of sp³-hybridized carbons (Fsp3) is 0.421. The Morgan fingerprint density at radius 2 is 1.71 bits per heavy atom. The maximum atomic E-state index is 12.6. The Morgan fingerprint density at radius 3 is 2.32 bits per heavy atom. The SMILES string of the molecule is COc1cc(CNC(=O)c2ccc(S(=O)(=O)N3CCCCC3)o2)cc(OC)c1. The van der Waals surface area contributed by atoms with E-state index in [2.05, 4.69) is 5.32 Å². The van der Waals surface area contributed by atoms with Gasteiger partial charge in [0.25, 0.3) is 15.9 Å². The average Bonchev–Trinajstić information content (AvgIpc) is 3.23. The Hall–Kier alpha value is -2.52. The van der Waals surface area contributed by atoms with E-state index < -0.39 is 15.9 Å². The molecule has 1 aliphatic heterocycles. The smallest absolute Gasteiger partial charge is 0.287 e. The number of sulfonamides is 1. The number of benzene rings is 1. The molecule has 0 saturated carbocycles. The van der Waals surface area contributed by atoms with Gasteiger partial charge in [-0.05, 0) is 42.7 Å². The summed E-state index contributed by atoms with van der Waals surface area (Å²) in [5, 5.41) is 2.50. The van der Waals surface area contributed by atoms with E-state index in [1.165, 1.54) is 16.4 Å². The third-order valence-corrected chi connectivity index (χ3v) is 6.35. The molecule has 0 radical (unpaired) electrons. The first kappa shape index (κ1) is 20.2. The second kappa shape index (κ2) is 8.66. The van der Waals surface area contributed by atoms with E-state index >= 15 is 0 Å². The van der Waals surface area contributed by atoms with Crippen LogP contribution in [0, 0.1) is 0 Å². The maximum absolute atomic E-state index is 12.6. The number of nitrogens with zero attached hydrogens (tertiary/aromatic N) is 1. The predicted molar refractivity (Wildman–Crippen MR) is 102 cm³/mol. The number of carbonyl (C=O) groups excluding carboxylic acids is 1. The molecule has 1 N–H and O–H groups in total. The molecule has 9 heteroatoms. The number of ether oxygens (including phenoxy) is 2. The molecule has 0 spiro atoms. The summed E-state index contributed by atoms with van der Waals surface area (Å²) >= 11 is 0. The second-order valence-electron chi connectivity index (χ2n) is 6.49. The van der Waals surface area contributed by atoms with Crippen molar-refractivity contribution >= 4 is 15.9 Å². The van der Waals surface area contributed by atoms with Gasteiger partial charge in [-0.3, -0.25) is 4.79 Å². The molecule has 8 nitrogen and oxygen atoms in total. The van der Waals surface area contributed by atoms with Crippen LogP contribution >= 0.6 is 0 Å². The van der Waals surface area contributed by atoms with E-state index in [4.69, 9.17) is 13.9 Å². The number of amides is 1. The van der Waals surface area contributed by atoms with Crippen LogP contribution in [0.2, 0.25) is 0 Å². The van der Waals surface area contributed by atoms with Crippen LogP contribution in [0.4, 0.5) is 0 Å². The van der Waals surface area contributed by atoms with E-state index in [9.17, 15) is 13.2 Å². The Bertz CT molecular complexity index is 909. The van der Waals surface area contributed by atoms with Gasteiger partial charge in [-0.25, -0.2) is 8.42 Å². The lowest BCUT2D eigenvalue weighted by Crippen LogP contribution is -2.35. The molecule has 1 aliphatic rings. The molecule has 0 atom stereocenters. The van der Waals surface area contributed by atoms with E-state index in [-0.39, 0.29) is 17.4 Å². The van der Waals surface area contributed by atoms with Gasteiger partial charge in [0.05, 0.1) is 14.2 Å². The highest BCUT2D eigenvalue weighted by Crippen LogP contribution is 2.24. The number of hydrogen-bond donors (Lipinski definition) is 1. The van der Waals surface area contributed by atoms with Gasteiger partial charge in [0.15, 0.2) is 5.76 Å². The molecule has 1 aromatic heterocycles. The highest BCUT2D eigenvalue weighted by Gasteiger charge is 2.29. The van der Waals surface area contributed by atoms with Gasteiger partial charge in [0, 0.05) is 25.7 Å². The number of nitrogens with one attached hydrogen (secondary N) is 1. The summed E-state index contributed by atoms with van der Waals surface area (Å²) in [7, 11) is -0.614. The van der Waals surface area contributed by atoms with Crippen molar-refractivity contribution in [2.24, 2.45) is 0 Å². The first-order valence-corrected chi connectivity index (χ1v) is 10.5. The number of rotatable bonds is 7. The zero-order chi connectivity index (χ0) is 20.1. The van der Waals surface area contributed by atoms with Crippen molar-refractivity contribution in [2.45, 2.75) is 30.9 Å². The second-order valence-corrected chi connectivity index (χ2v) is 8.36. The van der Waals surface area contributed by atoms with Gasteiger partial charge in [-0.2, -0.15) is 4.31 Å². The van der Waals surface area contributed by atoms with Crippen molar-refractivity contribution in [1.29, 1.82) is 0 Å². The van der Waals surface area contributed by atoms with Crippen molar-refractivity contribution in [1.82, 2.24) is 9.62 Å². The van der Waals surface area contributed by atoms with Crippen LogP contribution in [0.25, 0.3) is 0 Å². The number of piperidine rings is 1. The summed E-state index contributed by atoms with van der Waals surface area (Å²) < 4.78 is 42.4. The van der Waals surface area contributed by atoms with Crippen LogP contribution in [0.1, 0.15) is 35.4 Å². The van der Waals surface area contributed by atoms with Crippen LogP contribution in [0.5, 0.6) is 11.5 Å². The standard InChI is InChI=1S/C19H24N2O6S/c1-25-15-10-14(11-16(12-15)26-2)13-20-19(22)17-6-7-18(27-17)28(23,24)21-8-4-3-5-9-21/h6-7,10-12H,3-5,8-9,13H2,1-2H3,(H,20,22). The lowest BCUT2D eigenvalue weighted by Gasteiger charge is -2.24. The number of hydrogen-bond acceptors (Lipinski definition) is 6. The molecular formula is C19H24N2O6S. The van der Waals surface area contributed by atoms with Crippen molar-refractivity contribution in [2.75, 3.05) is 27.3 Å². The summed E-state index contributed by atoms with van der Waals surface area (Å²) in [6.07, 6.45) is 2.68. The van der Waals surface area contributed by atoms with Crippen molar-refractivity contribution in [3.05, 3.63) is 41.7 Å². The minimum atomic E-state index is -3.71. The quantitative estimate of drug-likeness (QED) is 0.755. The van der Waals surface area contributed by atoms with Crippen LogP contribution in [-0.4, -0.2) is 45.9 Å². The van der Waals surface area contributed by atoms with Crippen LogP contribution in [0.3, 0.4) is 0 Å². The topological polar surface area (TPSA) is 98.1 Å². The minimum absolute atomic E-state index is 0.0505. The third kappa shape index (κ3) is 4.48. The largest absolute Gasteiger partial charge is 0.497 e. The molecule has 0 aliphatic carbocycles. The lowest BCUT2D eigenvalue weighted by molar-refractivity contribution is 0.0917. The lowest BCUT2D eigenvalue weighted by atomic mass is 10.2. The van der Waals surface area contributed by atoms with E-state index in [1.807, 2.05) is 0 Å². The highest BCUT2D eigenvalue weighted by atomic mass is 32.2. The molecule has 1 saturated heterocycles. The van der Waals surface area contributed by atoms with Crippen LogP contribution < -0.4 is 14.8 Å². The van der Waals surface area contributed by atoms with Crippen molar-refractivity contribution in [3.8, 4) is 11.5 Å². The van der Waals surface area contributed by atoms with Gasteiger partial charge in [0.2, 0.25) is 5.09 Å². The van der Waals surface area contributed by atoms with E-state index in [0.717, 1.165) is 24.8 Å². The molecule has 1 aromatic carbocycles. The fourth-order valence-electron chi connectivity index (χ4n) is 3.05. The first-order chi connectivity index (χ1) is 13.4. The molecule has 0 unspecified atom stereocenters. The number of furan rings is 1. The summed E-state index contributed by atoms with van der Waals surface area (Å²) in [5.41, 5.74) is 0.775. The number of carbonyl (C=O) groups is 1. The van der Waals surface area contributed by atoms with E-state index in [1.54, 1.807) is 32.4 Å². The molecule has 0 bridgehead atoms. The molecule has 152 valence electrons. The van der Waals surface area contributed by atoms with Gasteiger partial charge >= 0.3 is 0 Å². The first-order valence-electron chi connectivity index (χ1n) is 9.04. The minimum Gasteiger partial charge on any atom is -0.497 e. The summed E-state index contributed by atoms with van der Waals surface area (Å²) in [6.45, 7) is 1.16. The Kier molecular flexibility index (Phi) is 6.25. The molecule has 1 fully saturated rings. The Balaban J connectivity index is 1.67. The Labute approximate surface area is 164 Å². The van der Waals surface area contributed by atoms with Gasteiger partial charge < -0.3 is 19.2 Å². The van der Waals surface area contributed by atoms with Crippen LogP contribution in [-0.2, 0) is 16.6 Å². The fourth-order valence-corrected chi connectivity index (χ4v) is 4.48. The summed E-state index contributed by atoms with van der Waals surface area (Å²) in [6, 6.07) is 7.98. The molecule has 3 rings (SSSR count). The molecule has 1 amide bonds. The normalized spacial score (nSPS) is 15.2. The predicted octanol–water partition coefficient (Wildman–Crippen LogP) is 2.40. The highest BCUT2D eigenvalue weighted by molar-refractivity contribution is 7.89. The summed E-state index contributed by atoms with van der Waals surface area (Å²) in [4.78, 5) is 12.4. The van der Waals surface area contributed by atoms with Gasteiger partial charge in [-0.15, -0.1) is 0 Å². The average molecular weight is 408 g/mol. The zero-order valence-electron chi connectivity index (χ0n) is 15.9. The molecular weight excluding hydrogens is 384 g/mol. The number of methoxy groups -OCH3 is 2. The van der Waals surface area contributed by atoms with Crippen LogP contribution in [0.15, 0.2) is 39.8 Å². The van der Waals surface area contributed by atoms with Crippen molar-refractivity contribution in [3.63, 3.8) is 0 Å². The third-order valence-electron chi connectivity index (χ3n) is 4.58. The molecule has 2 heterocycles. The van der Waals surface area contributed by atoms with Gasteiger partial charge in [0.1, 0.15) is 11.5 Å². The monoisotopic (exact) mass is 408 g/mol. The Morgan fingerprint density at radius 1 is 1.07 bits per heavy atom. The zero-order valence-corrected chi connectivity index (χ0v) is 16.8. The van der Waals surface area contributed by atoms with Crippen molar-refractivity contribution < 1.29 is 27.1 Å². The summed E-state index contributed by atoms with van der Waals surface area (Å²) in [5.74, 6) is 0.667. The molecule has 28 heavy (non-hydrogen) atoms. The molecule has 2 aromatic rings. The maximum Gasteiger partial charge on any atom is 0.287 e. The van der Waals surface area contributed by atoms with Gasteiger partial charge in [-0.1, -0.05) is 6.42 Å².